The first kappa shape index (κ1) is 13.8. The van der Waals surface area contributed by atoms with E-state index in [-0.39, 0.29) is 0 Å². The Hall–Kier alpha value is -2.21. The summed E-state index contributed by atoms with van der Waals surface area (Å²) in [4.78, 5) is 5.57. The molecular weight excluding hydrogens is 286 g/mol. The molecule has 110 valence electrons. The smallest absolute Gasteiger partial charge is 0.194 e. The van der Waals surface area contributed by atoms with Crippen molar-refractivity contribution in [2.75, 3.05) is 19.5 Å². The van der Waals surface area contributed by atoms with E-state index in [1.165, 1.54) is 0 Å². The van der Waals surface area contributed by atoms with E-state index < -0.39 is 0 Å². The monoisotopic (exact) mass is 303 g/mol. The number of nitrogens with zero attached hydrogens (tertiary/aromatic N) is 2. The van der Waals surface area contributed by atoms with E-state index in [1.807, 2.05) is 36.7 Å². The van der Waals surface area contributed by atoms with Crippen molar-refractivity contribution in [2.24, 2.45) is 0 Å². The van der Waals surface area contributed by atoms with Crippen LogP contribution in [0.5, 0.6) is 11.5 Å². The number of benzene rings is 1. The highest BCUT2D eigenvalue weighted by Crippen LogP contribution is 2.26. The molecule has 0 amide bonds. The second kappa shape index (κ2) is 5.65. The Labute approximate surface area is 127 Å². The lowest BCUT2D eigenvalue weighted by molar-refractivity contribution is 0.394. The van der Waals surface area contributed by atoms with Gasteiger partial charge in [-0.1, -0.05) is 0 Å². The maximum absolute atomic E-state index is 5.28. The van der Waals surface area contributed by atoms with Gasteiger partial charge in [-0.25, -0.2) is 4.98 Å². The van der Waals surface area contributed by atoms with Crippen molar-refractivity contribution in [2.45, 2.75) is 13.5 Å². The zero-order valence-electron chi connectivity index (χ0n) is 12.2. The number of imidazole rings is 1. The number of fused-ring (bicyclic) bond motifs is 1. The molecule has 6 heteroatoms. The van der Waals surface area contributed by atoms with Crippen LogP contribution in [0.3, 0.4) is 0 Å². The molecule has 21 heavy (non-hydrogen) atoms. The molecule has 0 aliphatic heterocycles. The quantitative estimate of drug-likeness (QED) is 0.785. The van der Waals surface area contributed by atoms with Gasteiger partial charge in [-0.05, 0) is 6.92 Å². The fraction of sp³-hybridized carbons (Fsp3) is 0.267. The molecule has 0 fully saturated rings. The molecule has 0 unspecified atom stereocenters. The van der Waals surface area contributed by atoms with Gasteiger partial charge in [-0.2, -0.15) is 0 Å². The molecule has 0 aliphatic carbocycles. The van der Waals surface area contributed by atoms with E-state index >= 15 is 0 Å². The Balaban J connectivity index is 1.84. The van der Waals surface area contributed by atoms with Crippen molar-refractivity contribution in [3.05, 3.63) is 41.2 Å². The Morgan fingerprint density at radius 1 is 1.19 bits per heavy atom. The van der Waals surface area contributed by atoms with E-state index in [1.54, 1.807) is 25.6 Å². The standard InChI is InChI=1S/C15H17N3O2S/c1-10-14(18-4-5-21-15(18)17-10)9-16-11-6-12(19-2)8-13(7-11)20-3/h4-8,16H,9H2,1-3H3. The van der Waals surface area contributed by atoms with Gasteiger partial charge in [0.05, 0.1) is 32.2 Å². The maximum Gasteiger partial charge on any atom is 0.194 e. The first-order valence-electron chi connectivity index (χ1n) is 6.59. The largest absolute Gasteiger partial charge is 0.497 e. The second-order valence-corrected chi connectivity index (χ2v) is 5.53. The van der Waals surface area contributed by atoms with E-state index in [0.717, 1.165) is 33.5 Å². The van der Waals surface area contributed by atoms with Crippen LogP contribution < -0.4 is 14.8 Å². The SMILES string of the molecule is COc1cc(NCc2c(C)nc3sccn23)cc(OC)c1. The molecule has 0 bridgehead atoms. The summed E-state index contributed by atoms with van der Waals surface area (Å²) in [6.45, 7) is 2.73. The molecule has 5 nitrogen and oxygen atoms in total. The number of aryl methyl sites for hydroxylation is 1. The summed E-state index contributed by atoms with van der Waals surface area (Å²) in [6.07, 6.45) is 2.04. The van der Waals surface area contributed by atoms with Gasteiger partial charge in [-0.15, -0.1) is 11.3 Å². The Morgan fingerprint density at radius 2 is 1.90 bits per heavy atom. The Kier molecular flexibility index (Phi) is 3.70. The highest BCUT2D eigenvalue weighted by molar-refractivity contribution is 7.15. The highest BCUT2D eigenvalue weighted by Gasteiger charge is 2.09. The van der Waals surface area contributed by atoms with Gasteiger partial charge in [0, 0.05) is 35.5 Å². The molecule has 2 heterocycles. The zero-order valence-corrected chi connectivity index (χ0v) is 13.0. The Morgan fingerprint density at radius 3 is 2.57 bits per heavy atom. The molecule has 1 aromatic carbocycles. The lowest BCUT2D eigenvalue weighted by atomic mass is 10.2. The summed E-state index contributed by atoms with van der Waals surface area (Å²) < 4.78 is 12.7. The van der Waals surface area contributed by atoms with Gasteiger partial charge < -0.3 is 14.8 Å². The van der Waals surface area contributed by atoms with Crippen LogP contribution in [-0.2, 0) is 6.54 Å². The summed E-state index contributed by atoms with van der Waals surface area (Å²) in [6, 6.07) is 5.75. The molecule has 0 saturated heterocycles. The van der Waals surface area contributed by atoms with Gasteiger partial charge >= 0.3 is 0 Å². The van der Waals surface area contributed by atoms with Gasteiger partial charge in [-0.3, -0.25) is 4.40 Å². The number of ether oxygens (including phenoxy) is 2. The number of hydrogen-bond acceptors (Lipinski definition) is 5. The molecule has 2 aromatic heterocycles. The average molecular weight is 303 g/mol. The van der Waals surface area contributed by atoms with Crippen molar-refractivity contribution in [3.63, 3.8) is 0 Å². The van der Waals surface area contributed by atoms with Crippen molar-refractivity contribution >= 4 is 22.0 Å². The molecule has 0 atom stereocenters. The van der Waals surface area contributed by atoms with Crippen molar-refractivity contribution < 1.29 is 9.47 Å². The molecule has 0 saturated carbocycles. The topological polar surface area (TPSA) is 47.8 Å². The number of rotatable bonds is 5. The van der Waals surface area contributed by atoms with Crippen molar-refractivity contribution in [1.82, 2.24) is 9.38 Å². The lowest BCUT2D eigenvalue weighted by Gasteiger charge is -2.10. The van der Waals surface area contributed by atoms with Crippen LogP contribution >= 0.6 is 11.3 Å². The third kappa shape index (κ3) is 2.67. The minimum absolute atomic E-state index is 0.694. The van der Waals surface area contributed by atoms with Crippen LogP contribution in [0.2, 0.25) is 0 Å². The molecule has 0 radical (unpaired) electrons. The van der Waals surface area contributed by atoms with Crippen LogP contribution in [-0.4, -0.2) is 23.6 Å². The molecule has 0 aliphatic rings. The fourth-order valence-electron chi connectivity index (χ4n) is 2.25. The summed E-state index contributed by atoms with van der Waals surface area (Å²) in [5.41, 5.74) is 3.16. The van der Waals surface area contributed by atoms with Crippen molar-refractivity contribution in [3.8, 4) is 11.5 Å². The van der Waals surface area contributed by atoms with Crippen molar-refractivity contribution in [1.29, 1.82) is 0 Å². The van der Waals surface area contributed by atoms with Crippen LogP contribution in [0.4, 0.5) is 5.69 Å². The number of hydrogen-bond donors (Lipinski definition) is 1. The number of thiazole rings is 1. The highest BCUT2D eigenvalue weighted by atomic mass is 32.1. The van der Waals surface area contributed by atoms with E-state index in [2.05, 4.69) is 14.7 Å². The number of anilines is 1. The summed E-state index contributed by atoms with van der Waals surface area (Å²) in [7, 11) is 3.29. The molecule has 1 N–H and O–H groups in total. The molecule has 3 aromatic rings. The molecule has 3 rings (SSSR count). The summed E-state index contributed by atoms with van der Waals surface area (Å²) in [5.74, 6) is 1.53. The van der Waals surface area contributed by atoms with Gasteiger partial charge in [0.2, 0.25) is 0 Å². The Bertz CT molecular complexity index is 741. The normalized spacial score (nSPS) is 10.8. The minimum atomic E-state index is 0.694. The van der Waals surface area contributed by atoms with E-state index in [9.17, 15) is 0 Å². The van der Waals surface area contributed by atoms with Gasteiger partial charge in [0.1, 0.15) is 11.5 Å². The number of aromatic nitrogens is 2. The van der Waals surface area contributed by atoms with Crippen LogP contribution in [0.25, 0.3) is 4.96 Å². The zero-order chi connectivity index (χ0) is 14.8. The molecular formula is C15H17N3O2S. The minimum Gasteiger partial charge on any atom is -0.497 e. The van der Waals surface area contributed by atoms with Crippen LogP contribution in [0, 0.1) is 6.92 Å². The van der Waals surface area contributed by atoms with Crippen LogP contribution in [0.1, 0.15) is 11.4 Å². The van der Waals surface area contributed by atoms with Gasteiger partial charge in [0.15, 0.2) is 4.96 Å². The third-order valence-corrected chi connectivity index (χ3v) is 4.13. The predicted molar refractivity (Wildman–Crippen MR) is 84.7 cm³/mol. The third-order valence-electron chi connectivity index (χ3n) is 3.37. The summed E-state index contributed by atoms with van der Waals surface area (Å²) in [5, 5.41) is 5.44. The lowest BCUT2D eigenvalue weighted by Crippen LogP contribution is -2.04. The first-order chi connectivity index (χ1) is 10.2. The molecule has 0 spiro atoms. The number of methoxy groups -OCH3 is 2. The van der Waals surface area contributed by atoms with Gasteiger partial charge in [0.25, 0.3) is 0 Å². The summed E-state index contributed by atoms with van der Waals surface area (Å²) >= 11 is 1.64. The van der Waals surface area contributed by atoms with Crippen LogP contribution in [0.15, 0.2) is 29.8 Å². The maximum atomic E-state index is 5.28. The van der Waals surface area contributed by atoms with E-state index in [0.29, 0.717) is 6.54 Å². The fourth-order valence-corrected chi connectivity index (χ4v) is 3.03. The number of nitrogens with one attached hydrogen (secondary N) is 1. The first-order valence-corrected chi connectivity index (χ1v) is 7.47. The van der Waals surface area contributed by atoms with E-state index in [4.69, 9.17) is 9.47 Å². The second-order valence-electron chi connectivity index (χ2n) is 4.65. The predicted octanol–water partition coefficient (Wildman–Crippen LogP) is 3.33. The average Bonchev–Trinajstić information content (AvgIpc) is 3.05.